The summed E-state index contributed by atoms with van der Waals surface area (Å²) in [6, 6.07) is 15.3. The molecule has 0 atom stereocenters. The second-order valence-corrected chi connectivity index (χ2v) is 6.23. The van der Waals surface area contributed by atoms with Crippen LogP contribution in [0.2, 0.25) is 0 Å². The molecule has 0 radical (unpaired) electrons. The second kappa shape index (κ2) is 8.89. The fraction of sp³-hybridized carbons (Fsp3) is 0.222. The maximum absolute atomic E-state index is 11.7. The molecule has 7 heteroatoms. The van der Waals surface area contributed by atoms with Crippen molar-refractivity contribution in [1.82, 2.24) is 20.4 Å². The lowest BCUT2D eigenvalue weighted by Gasteiger charge is -2.09. The minimum Gasteiger partial charge on any atom is -0.492 e. The first-order valence-electron chi connectivity index (χ1n) is 8.08. The number of rotatable bonds is 8. The fourth-order valence-corrected chi connectivity index (χ4v) is 2.93. The van der Waals surface area contributed by atoms with Crippen molar-refractivity contribution in [2.24, 2.45) is 0 Å². The van der Waals surface area contributed by atoms with Crippen LogP contribution in [0, 0.1) is 0 Å². The number of ether oxygens (including phenoxy) is 1. The maximum Gasteiger partial charge on any atom is 0.314 e. The Bertz CT molecular complexity index is 771. The summed E-state index contributed by atoms with van der Waals surface area (Å²) in [7, 11) is 0. The third-order valence-electron chi connectivity index (χ3n) is 3.44. The van der Waals surface area contributed by atoms with Crippen LogP contribution in [-0.2, 0) is 6.54 Å². The number of hydrogen-bond donors (Lipinski definition) is 2. The van der Waals surface area contributed by atoms with Gasteiger partial charge in [-0.2, -0.15) is 5.10 Å². The zero-order valence-electron chi connectivity index (χ0n) is 13.7. The van der Waals surface area contributed by atoms with E-state index in [0.717, 1.165) is 16.3 Å². The van der Waals surface area contributed by atoms with Crippen molar-refractivity contribution in [3.8, 4) is 16.3 Å². The average Bonchev–Trinajstić information content (AvgIpc) is 3.31. The van der Waals surface area contributed by atoms with Crippen LogP contribution < -0.4 is 15.4 Å². The number of urea groups is 1. The van der Waals surface area contributed by atoms with Gasteiger partial charge in [-0.1, -0.05) is 24.3 Å². The maximum atomic E-state index is 11.7. The molecular weight excluding hydrogens is 336 g/mol. The molecule has 3 aromatic rings. The molecule has 0 bridgehead atoms. The summed E-state index contributed by atoms with van der Waals surface area (Å²) in [5.41, 5.74) is 0.956. The van der Waals surface area contributed by atoms with Crippen LogP contribution in [0.3, 0.4) is 0 Å². The molecule has 0 spiro atoms. The predicted molar refractivity (Wildman–Crippen MR) is 98.9 cm³/mol. The third-order valence-corrected chi connectivity index (χ3v) is 4.33. The van der Waals surface area contributed by atoms with E-state index in [2.05, 4.69) is 15.7 Å². The van der Waals surface area contributed by atoms with Crippen LogP contribution in [0.25, 0.3) is 10.6 Å². The van der Waals surface area contributed by atoms with Gasteiger partial charge >= 0.3 is 6.03 Å². The number of nitrogens with one attached hydrogen (secondary N) is 2. The van der Waals surface area contributed by atoms with Crippen molar-refractivity contribution in [3.05, 3.63) is 60.1 Å². The van der Waals surface area contributed by atoms with Crippen molar-refractivity contribution >= 4 is 17.4 Å². The minimum atomic E-state index is -0.206. The van der Waals surface area contributed by atoms with Gasteiger partial charge in [0, 0.05) is 12.7 Å². The molecule has 2 aromatic heterocycles. The summed E-state index contributed by atoms with van der Waals surface area (Å²) >= 11 is 1.66. The highest BCUT2D eigenvalue weighted by atomic mass is 32.1. The standard InChI is InChI=1S/C18H20N4O2S/c23-18(20-10-13-24-15-5-2-1-3-6-15)19-9-12-22-11-8-16(21-22)17-7-4-14-25-17/h1-8,11,14H,9-10,12-13H2,(H2,19,20,23). The summed E-state index contributed by atoms with van der Waals surface area (Å²) in [4.78, 5) is 12.9. The Morgan fingerprint density at radius 1 is 1.08 bits per heavy atom. The molecule has 0 saturated carbocycles. The molecular formula is C18H20N4O2S. The molecule has 0 aliphatic heterocycles. The average molecular weight is 356 g/mol. The number of carbonyl (C=O) groups excluding carboxylic acids is 1. The molecule has 3 rings (SSSR count). The number of thiophene rings is 1. The van der Waals surface area contributed by atoms with Gasteiger partial charge in [-0.3, -0.25) is 4.68 Å². The van der Waals surface area contributed by atoms with E-state index in [-0.39, 0.29) is 6.03 Å². The van der Waals surface area contributed by atoms with E-state index >= 15 is 0 Å². The summed E-state index contributed by atoms with van der Waals surface area (Å²) in [6.45, 7) is 2.02. The van der Waals surface area contributed by atoms with Crippen LogP contribution >= 0.6 is 11.3 Å². The summed E-state index contributed by atoms with van der Waals surface area (Å²) in [5.74, 6) is 0.796. The van der Waals surface area contributed by atoms with Crippen LogP contribution in [0.15, 0.2) is 60.1 Å². The van der Waals surface area contributed by atoms with Gasteiger partial charge in [0.2, 0.25) is 0 Å². The number of benzene rings is 1. The number of hydrogen-bond acceptors (Lipinski definition) is 4. The first-order chi connectivity index (χ1) is 12.3. The fourth-order valence-electron chi connectivity index (χ4n) is 2.24. The van der Waals surface area contributed by atoms with Crippen LogP contribution in [0.4, 0.5) is 4.79 Å². The molecule has 1 aromatic carbocycles. The number of nitrogens with zero attached hydrogens (tertiary/aromatic N) is 2. The van der Waals surface area contributed by atoms with Gasteiger partial charge in [-0.25, -0.2) is 4.79 Å². The predicted octanol–water partition coefficient (Wildman–Crippen LogP) is 2.99. The molecule has 6 nitrogen and oxygen atoms in total. The van der Waals surface area contributed by atoms with Gasteiger partial charge in [-0.05, 0) is 29.6 Å². The van der Waals surface area contributed by atoms with Crippen LogP contribution in [-0.4, -0.2) is 35.5 Å². The number of aromatic nitrogens is 2. The quantitative estimate of drug-likeness (QED) is 0.610. The van der Waals surface area contributed by atoms with E-state index < -0.39 is 0 Å². The number of para-hydroxylation sites is 1. The zero-order chi connectivity index (χ0) is 17.3. The van der Waals surface area contributed by atoms with Gasteiger partial charge in [0.15, 0.2) is 0 Å². The highest BCUT2D eigenvalue weighted by molar-refractivity contribution is 7.13. The van der Waals surface area contributed by atoms with Crippen molar-refractivity contribution in [2.75, 3.05) is 19.7 Å². The Morgan fingerprint density at radius 2 is 1.92 bits per heavy atom. The molecule has 0 aliphatic rings. The topological polar surface area (TPSA) is 68.2 Å². The van der Waals surface area contributed by atoms with Crippen molar-refractivity contribution in [3.63, 3.8) is 0 Å². The van der Waals surface area contributed by atoms with Crippen molar-refractivity contribution in [1.29, 1.82) is 0 Å². The van der Waals surface area contributed by atoms with E-state index in [0.29, 0.717) is 26.2 Å². The third kappa shape index (κ3) is 5.36. The molecule has 0 unspecified atom stereocenters. The highest BCUT2D eigenvalue weighted by Crippen LogP contribution is 2.22. The second-order valence-electron chi connectivity index (χ2n) is 5.29. The summed E-state index contributed by atoms with van der Waals surface area (Å²) in [5, 5.41) is 12.1. The number of amides is 2. The lowest BCUT2D eigenvalue weighted by Crippen LogP contribution is -2.39. The Morgan fingerprint density at radius 3 is 2.72 bits per heavy atom. The van der Waals surface area contributed by atoms with Gasteiger partial charge in [0.05, 0.1) is 18.0 Å². The molecule has 130 valence electrons. The lowest BCUT2D eigenvalue weighted by atomic mass is 10.3. The molecule has 2 N–H and O–H groups in total. The van der Waals surface area contributed by atoms with E-state index in [4.69, 9.17) is 4.74 Å². The van der Waals surface area contributed by atoms with E-state index in [9.17, 15) is 4.79 Å². The van der Waals surface area contributed by atoms with Crippen molar-refractivity contribution in [2.45, 2.75) is 6.54 Å². The number of carbonyl (C=O) groups is 1. The van der Waals surface area contributed by atoms with Gasteiger partial charge in [0.1, 0.15) is 18.1 Å². The Labute approximate surface area is 150 Å². The van der Waals surface area contributed by atoms with Crippen molar-refractivity contribution < 1.29 is 9.53 Å². The molecule has 0 aliphatic carbocycles. The van der Waals surface area contributed by atoms with Gasteiger partial charge in [0.25, 0.3) is 0 Å². The molecule has 2 heterocycles. The lowest BCUT2D eigenvalue weighted by molar-refractivity contribution is 0.236. The Kier molecular flexibility index (Phi) is 6.06. The van der Waals surface area contributed by atoms with E-state index in [1.807, 2.05) is 64.8 Å². The van der Waals surface area contributed by atoms with E-state index in [1.54, 1.807) is 11.3 Å². The van der Waals surface area contributed by atoms with Gasteiger partial charge in [-0.15, -0.1) is 11.3 Å². The summed E-state index contributed by atoms with van der Waals surface area (Å²) < 4.78 is 7.34. The van der Waals surface area contributed by atoms with Crippen LogP contribution in [0.5, 0.6) is 5.75 Å². The van der Waals surface area contributed by atoms with E-state index in [1.165, 1.54) is 0 Å². The molecule has 0 fully saturated rings. The Balaban J connectivity index is 1.30. The monoisotopic (exact) mass is 356 g/mol. The molecule has 2 amide bonds. The first kappa shape index (κ1) is 17.0. The largest absolute Gasteiger partial charge is 0.492 e. The molecule has 25 heavy (non-hydrogen) atoms. The van der Waals surface area contributed by atoms with Crippen LogP contribution in [0.1, 0.15) is 0 Å². The zero-order valence-corrected chi connectivity index (χ0v) is 14.5. The summed E-state index contributed by atoms with van der Waals surface area (Å²) in [6.07, 6.45) is 1.92. The normalized spacial score (nSPS) is 10.4. The highest BCUT2D eigenvalue weighted by Gasteiger charge is 2.04. The van der Waals surface area contributed by atoms with Gasteiger partial charge < -0.3 is 15.4 Å². The first-order valence-corrected chi connectivity index (χ1v) is 8.96. The smallest absolute Gasteiger partial charge is 0.314 e. The Hall–Kier alpha value is -2.80. The minimum absolute atomic E-state index is 0.206. The SMILES string of the molecule is O=C(NCCOc1ccccc1)NCCn1ccc(-c2cccs2)n1. The molecule has 0 saturated heterocycles.